The number of aromatic nitrogens is 3. The Morgan fingerprint density at radius 2 is 1.52 bits per heavy atom. The smallest absolute Gasteiger partial charge is 0.191 e. The summed E-state index contributed by atoms with van der Waals surface area (Å²) in [7, 11) is 0. The van der Waals surface area contributed by atoms with Crippen LogP contribution in [0, 0.1) is 0 Å². The highest BCUT2D eigenvalue weighted by Crippen LogP contribution is 2.29. The van der Waals surface area contributed by atoms with Crippen LogP contribution in [0.4, 0.5) is 10.9 Å². The van der Waals surface area contributed by atoms with Crippen molar-refractivity contribution in [3.63, 3.8) is 0 Å². The number of thiazole rings is 1. The number of nitrogens with two attached hydrogens (primary N) is 2. The number of thioether (sulfide) groups is 1. The van der Waals surface area contributed by atoms with E-state index in [0.717, 1.165) is 23.3 Å². The van der Waals surface area contributed by atoms with Crippen molar-refractivity contribution in [1.29, 1.82) is 0 Å². The lowest BCUT2D eigenvalue weighted by Crippen LogP contribution is -1.95. The SMILES string of the molecule is Nc1nc2nc(SCc3ccccc3)nc(N)c2s1.OCCCc1ccccc1. The lowest BCUT2D eigenvalue weighted by molar-refractivity contribution is 0.288. The summed E-state index contributed by atoms with van der Waals surface area (Å²) in [5.41, 5.74) is 14.6. The van der Waals surface area contributed by atoms with Gasteiger partial charge in [0.15, 0.2) is 15.9 Å². The van der Waals surface area contributed by atoms with E-state index < -0.39 is 0 Å². The number of hydrogen-bond donors (Lipinski definition) is 3. The van der Waals surface area contributed by atoms with Gasteiger partial charge in [-0.25, -0.2) is 15.0 Å². The van der Waals surface area contributed by atoms with Crippen LogP contribution >= 0.6 is 23.1 Å². The van der Waals surface area contributed by atoms with Crippen LogP contribution in [-0.4, -0.2) is 26.7 Å². The van der Waals surface area contributed by atoms with Gasteiger partial charge in [0, 0.05) is 12.4 Å². The molecule has 2 aromatic carbocycles. The van der Waals surface area contributed by atoms with Crippen LogP contribution in [0.3, 0.4) is 0 Å². The molecule has 0 aliphatic rings. The maximum absolute atomic E-state index is 8.53. The van der Waals surface area contributed by atoms with E-state index in [4.69, 9.17) is 16.6 Å². The molecular weight excluding hydrogens is 402 g/mol. The van der Waals surface area contributed by atoms with Crippen molar-refractivity contribution in [2.24, 2.45) is 0 Å². The third kappa shape index (κ3) is 6.42. The highest BCUT2D eigenvalue weighted by Gasteiger charge is 2.10. The molecule has 150 valence electrons. The Kier molecular flexibility index (Phi) is 7.80. The lowest BCUT2D eigenvalue weighted by Gasteiger charge is -2.01. The Morgan fingerprint density at radius 1 is 0.862 bits per heavy atom. The first-order valence-corrected chi connectivity index (χ1v) is 11.0. The third-order valence-corrected chi connectivity index (χ3v) is 5.77. The maximum Gasteiger partial charge on any atom is 0.191 e. The summed E-state index contributed by atoms with van der Waals surface area (Å²) in [6.07, 6.45) is 1.85. The Balaban J connectivity index is 0.000000204. The predicted molar refractivity (Wildman–Crippen MR) is 122 cm³/mol. The Morgan fingerprint density at radius 3 is 2.17 bits per heavy atom. The van der Waals surface area contributed by atoms with Gasteiger partial charge in [0.2, 0.25) is 0 Å². The number of aliphatic hydroxyl groups excluding tert-OH is 1. The zero-order valence-corrected chi connectivity index (χ0v) is 17.5. The first-order chi connectivity index (χ1) is 14.2. The molecule has 0 fully saturated rings. The number of anilines is 2. The van der Waals surface area contributed by atoms with Crippen LogP contribution in [0.2, 0.25) is 0 Å². The van der Waals surface area contributed by atoms with E-state index in [1.54, 1.807) is 0 Å². The van der Waals surface area contributed by atoms with E-state index in [1.165, 1.54) is 34.2 Å². The molecule has 0 aliphatic carbocycles. The fraction of sp³-hybridized carbons (Fsp3) is 0.190. The van der Waals surface area contributed by atoms with Gasteiger partial charge in [0.05, 0.1) is 0 Å². The molecular formula is C21H23N5OS2. The second-order valence-corrected chi connectivity index (χ2v) is 8.16. The summed E-state index contributed by atoms with van der Waals surface area (Å²) < 4.78 is 0.751. The minimum Gasteiger partial charge on any atom is -0.396 e. The fourth-order valence-corrected chi connectivity index (χ4v) is 4.03. The molecule has 0 aliphatic heterocycles. The first-order valence-electron chi connectivity index (χ1n) is 9.16. The highest BCUT2D eigenvalue weighted by molar-refractivity contribution is 7.98. The molecule has 0 saturated carbocycles. The van der Waals surface area contributed by atoms with Crippen molar-refractivity contribution in [2.75, 3.05) is 18.1 Å². The topological polar surface area (TPSA) is 111 Å². The molecule has 5 N–H and O–H groups in total. The van der Waals surface area contributed by atoms with Crippen molar-refractivity contribution in [1.82, 2.24) is 15.0 Å². The summed E-state index contributed by atoms with van der Waals surface area (Å²) in [6.45, 7) is 0.287. The van der Waals surface area contributed by atoms with E-state index in [-0.39, 0.29) is 6.61 Å². The molecule has 0 spiro atoms. The molecule has 2 heterocycles. The number of nitrogen functional groups attached to an aromatic ring is 2. The van der Waals surface area contributed by atoms with Crippen LogP contribution in [0.25, 0.3) is 10.3 Å². The van der Waals surface area contributed by atoms with E-state index in [0.29, 0.717) is 21.8 Å². The average molecular weight is 426 g/mol. The lowest BCUT2D eigenvalue weighted by atomic mass is 10.1. The second kappa shape index (κ2) is 10.8. The van der Waals surface area contributed by atoms with Gasteiger partial charge < -0.3 is 16.6 Å². The maximum atomic E-state index is 8.53. The average Bonchev–Trinajstić information content (AvgIpc) is 3.14. The van der Waals surface area contributed by atoms with Crippen LogP contribution in [0.5, 0.6) is 0 Å². The van der Waals surface area contributed by atoms with E-state index in [9.17, 15) is 0 Å². The van der Waals surface area contributed by atoms with Gasteiger partial charge in [-0.2, -0.15) is 0 Å². The van der Waals surface area contributed by atoms with Gasteiger partial charge in [-0.3, -0.25) is 0 Å². The number of benzene rings is 2. The molecule has 2 aromatic heterocycles. The summed E-state index contributed by atoms with van der Waals surface area (Å²) >= 11 is 2.84. The zero-order chi connectivity index (χ0) is 20.5. The number of aryl methyl sites for hydroxylation is 1. The summed E-state index contributed by atoms with van der Waals surface area (Å²) in [5.74, 6) is 1.24. The van der Waals surface area contributed by atoms with Crippen LogP contribution < -0.4 is 11.5 Å². The third-order valence-electron chi connectivity index (χ3n) is 3.95. The quantitative estimate of drug-likeness (QED) is 0.314. The van der Waals surface area contributed by atoms with Gasteiger partial charge in [-0.05, 0) is 24.0 Å². The Hall–Kier alpha value is -2.68. The Labute approximate surface area is 178 Å². The molecule has 8 heteroatoms. The first kappa shape index (κ1) is 21.0. The predicted octanol–water partition coefficient (Wildman–Crippen LogP) is 4.15. The minimum absolute atomic E-state index is 0.287. The monoisotopic (exact) mass is 425 g/mol. The van der Waals surface area contributed by atoms with Gasteiger partial charge >= 0.3 is 0 Å². The molecule has 0 amide bonds. The van der Waals surface area contributed by atoms with Crippen LogP contribution in [0.1, 0.15) is 17.5 Å². The number of nitrogens with zero attached hydrogens (tertiary/aromatic N) is 3. The minimum atomic E-state index is 0.287. The van der Waals surface area contributed by atoms with Crippen LogP contribution in [0.15, 0.2) is 65.8 Å². The van der Waals surface area contributed by atoms with E-state index in [2.05, 4.69) is 39.2 Å². The standard InChI is InChI=1S/C12H11N5S2.C9H12O/c13-9-8-10(16-11(14)19-8)17-12(15-9)18-6-7-4-2-1-3-5-7;10-8-4-7-9-5-2-1-3-6-9/h1-5H,6H2,(H4,13,14,15,16,17);1-3,5-6,10H,4,7-8H2. The molecule has 0 atom stereocenters. The summed E-state index contributed by atoms with van der Waals surface area (Å²) in [5, 5.41) is 9.61. The largest absolute Gasteiger partial charge is 0.396 e. The normalized spacial score (nSPS) is 10.5. The molecule has 4 aromatic rings. The van der Waals surface area contributed by atoms with Gasteiger partial charge in [-0.1, -0.05) is 83.8 Å². The molecule has 6 nitrogen and oxygen atoms in total. The highest BCUT2D eigenvalue weighted by atomic mass is 32.2. The summed E-state index contributed by atoms with van der Waals surface area (Å²) in [4.78, 5) is 12.8. The van der Waals surface area contributed by atoms with Crippen molar-refractivity contribution >= 4 is 44.4 Å². The van der Waals surface area contributed by atoms with Gasteiger partial charge in [-0.15, -0.1) is 0 Å². The van der Waals surface area contributed by atoms with E-state index in [1.807, 2.05) is 36.4 Å². The number of rotatable bonds is 6. The summed E-state index contributed by atoms with van der Waals surface area (Å²) in [6, 6.07) is 20.3. The van der Waals surface area contributed by atoms with Crippen molar-refractivity contribution < 1.29 is 5.11 Å². The molecule has 0 radical (unpaired) electrons. The van der Waals surface area contributed by atoms with Gasteiger partial charge in [0.25, 0.3) is 0 Å². The zero-order valence-electron chi connectivity index (χ0n) is 15.9. The fourth-order valence-electron chi connectivity index (χ4n) is 2.55. The van der Waals surface area contributed by atoms with E-state index >= 15 is 0 Å². The van der Waals surface area contributed by atoms with Crippen LogP contribution in [-0.2, 0) is 12.2 Å². The molecule has 29 heavy (non-hydrogen) atoms. The van der Waals surface area contributed by atoms with Crippen molar-refractivity contribution in [3.8, 4) is 0 Å². The molecule has 4 rings (SSSR count). The Bertz CT molecular complexity index is 1030. The van der Waals surface area contributed by atoms with Crippen molar-refractivity contribution in [3.05, 3.63) is 71.8 Å². The number of aliphatic hydroxyl groups is 1. The van der Waals surface area contributed by atoms with Crippen molar-refractivity contribution in [2.45, 2.75) is 23.8 Å². The molecule has 0 unspecified atom stereocenters. The van der Waals surface area contributed by atoms with Gasteiger partial charge in [0.1, 0.15) is 10.5 Å². The second-order valence-electron chi connectivity index (χ2n) is 6.18. The molecule has 0 bridgehead atoms. The number of hydrogen-bond acceptors (Lipinski definition) is 8. The number of fused-ring (bicyclic) bond motifs is 1. The molecule has 0 saturated heterocycles.